The summed E-state index contributed by atoms with van der Waals surface area (Å²) >= 11 is 0. The molecular weight excluding hydrogens is 168 g/mol. The number of nitrogens with two attached hydrogens (primary N) is 1. The molecule has 1 aliphatic rings. The molecule has 1 atom stereocenters. The van der Waals surface area contributed by atoms with Crippen LogP contribution < -0.4 is 5.73 Å². The Morgan fingerprint density at radius 1 is 1.69 bits per heavy atom. The molecule has 1 heterocycles. The number of rotatable bonds is 3. The first kappa shape index (κ1) is 8.65. The normalized spacial score (nSPS) is 19.0. The second-order valence-corrected chi connectivity index (χ2v) is 3.52. The van der Waals surface area contributed by atoms with Gasteiger partial charge >= 0.3 is 0 Å². The second kappa shape index (κ2) is 3.08. The summed E-state index contributed by atoms with van der Waals surface area (Å²) in [5, 5.41) is 13.1. The molecule has 1 fully saturated rings. The highest BCUT2D eigenvalue weighted by Gasteiger charge is 2.29. The third kappa shape index (κ3) is 1.57. The van der Waals surface area contributed by atoms with Gasteiger partial charge in [0.2, 0.25) is 0 Å². The summed E-state index contributed by atoms with van der Waals surface area (Å²) in [5.41, 5.74) is 5.66. The maximum atomic E-state index is 8.87. The summed E-state index contributed by atoms with van der Waals surface area (Å²) in [6.07, 6.45) is 2.36. The van der Waals surface area contributed by atoms with Crippen molar-refractivity contribution < 1.29 is 5.11 Å². The fourth-order valence-corrected chi connectivity index (χ4v) is 1.34. The quantitative estimate of drug-likeness (QED) is 0.672. The summed E-state index contributed by atoms with van der Waals surface area (Å²) in [6, 6.07) is -0.412. The Balaban J connectivity index is 2.24. The molecule has 0 aliphatic heterocycles. The molecule has 1 aromatic heterocycles. The van der Waals surface area contributed by atoms with E-state index in [1.54, 1.807) is 4.68 Å². The molecule has 1 aliphatic carbocycles. The van der Waals surface area contributed by atoms with Crippen LogP contribution in [0, 0.1) is 0 Å². The average molecular weight is 182 g/mol. The van der Waals surface area contributed by atoms with E-state index in [2.05, 4.69) is 10.1 Å². The van der Waals surface area contributed by atoms with Crippen LogP contribution in [0.25, 0.3) is 0 Å². The Hall–Kier alpha value is -0.940. The van der Waals surface area contributed by atoms with Crippen molar-refractivity contribution in [3.05, 3.63) is 11.6 Å². The van der Waals surface area contributed by atoms with Crippen molar-refractivity contribution in [2.75, 3.05) is 6.61 Å². The number of aliphatic hydroxyl groups excluding tert-OH is 1. The van der Waals surface area contributed by atoms with Crippen molar-refractivity contribution in [3.8, 4) is 0 Å². The number of nitrogens with zero attached hydrogens (tertiary/aromatic N) is 3. The molecule has 5 heteroatoms. The van der Waals surface area contributed by atoms with Gasteiger partial charge in [0.15, 0.2) is 5.82 Å². The van der Waals surface area contributed by atoms with Gasteiger partial charge in [-0.05, 0) is 12.8 Å². The van der Waals surface area contributed by atoms with Gasteiger partial charge < -0.3 is 10.8 Å². The Kier molecular flexibility index (Phi) is 2.05. The molecular formula is C8H14N4O. The van der Waals surface area contributed by atoms with Gasteiger partial charge in [0.25, 0.3) is 0 Å². The monoisotopic (exact) mass is 182 g/mol. The molecule has 2 rings (SSSR count). The van der Waals surface area contributed by atoms with E-state index in [4.69, 9.17) is 10.8 Å². The van der Waals surface area contributed by atoms with Gasteiger partial charge in [-0.1, -0.05) is 0 Å². The molecule has 5 nitrogen and oxygen atoms in total. The molecule has 3 N–H and O–H groups in total. The van der Waals surface area contributed by atoms with Crippen molar-refractivity contribution in [2.24, 2.45) is 12.8 Å². The smallest absolute Gasteiger partial charge is 0.154 e. The van der Waals surface area contributed by atoms with E-state index < -0.39 is 6.04 Å². The largest absolute Gasteiger partial charge is 0.394 e. The van der Waals surface area contributed by atoms with E-state index in [1.165, 1.54) is 12.8 Å². The molecule has 0 radical (unpaired) electrons. The molecule has 0 spiro atoms. The number of aromatic nitrogens is 3. The third-order valence-corrected chi connectivity index (χ3v) is 2.28. The summed E-state index contributed by atoms with van der Waals surface area (Å²) in [4.78, 5) is 4.31. The summed E-state index contributed by atoms with van der Waals surface area (Å²) in [5.74, 6) is 2.08. The van der Waals surface area contributed by atoms with Crippen LogP contribution in [0.1, 0.15) is 36.5 Å². The first-order valence-corrected chi connectivity index (χ1v) is 4.49. The summed E-state index contributed by atoms with van der Waals surface area (Å²) in [6.45, 7) is -0.0867. The highest BCUT2D eigenvalue weighted by atomic mass is 16.3. The van der Waals surface area contributed by atoms with Crippen molar-refractivity contribution >= 4 is 0 Å². The Morgan fingerprint density at radius 2 is 2.38 bits per heavy atom. The molecule has 0 bridgehead atoms. The molecule has 0 aromatic carbocycles. The number of hydrogen-bond donors (Lipinski definition) is 2. The lowest BCUT2D eigenvalue weighted by molar-refractivity contribution is 0.260. The number of aryl methyl sites for hydroxylation is 1. The number of hydrogen-bond acceptors (Lipinski definition) is 4. The first-order valence-electron chi connectivity index (χ1n) is 4.49. The van der Waals surface area contributed by atoms with Gasteiger partial charge in [-0.25, -0.2) is 4.98 Å². The van der Waals surface area contributed by atoms with Crippen LogP contribution >= 0.6 is 0 Å². The van der Waals surface area contributed by atoms with Gasteiger partial charge in [-0.2, -0.15) is 5.10 Å². The molecule has 1 aromatic rings. The average Bonchev–Trinajstić information content (AvgIpc) is 2.89. The highest BCUT2D eigenvalue weighted by Crippen LogP contribution is 2.38. The highest BCUT2D eigenvalue weighted by molar-refractivity contribution is 5.07. The maximum absolute atomic E-state index is 8.87. The minimum Gasteiger partial charge on any atom is -0.394 e. The molecule has 13 heavy (non-hydrogen) atoms. The Labute approximate surface area is 76.6 Å². The van der Waals surface area contributed by atoms with Crippen molar-refractivity contribution in [1.29, 1.82) is 0 Å². The zero-order chi connectivity index (χ0) is 9.42. The predicted molar refractivity (Wildman–Crippen MR) is 47.0 cm³/mol. The minimum absolute atomic E-state index is 0.0867. The van der Waals surface area contributed by atoms with Crippen LogP contribution in [0.15, 0.2) is 0 Å². The molecule has 0 saturated heterocycles. The van der Waals surface area contributed by atoms with Crippen LogP contribution in [0.3, 0.4) is 0 Å². The van der Waals surface area contributed by atoms with Crippen molar-refractivity contribution in [1.82, 2.24) is 14.8 Å². The Morgan fingerprint density at radius 3 is 2.92 bits per heavy atom. The van der Waals surface area contributed by atoms with Crippen molar-refractivity contribution in [2.45, 2.75) is 24.8 Å². The zero-order valence-electron chi connectivity index (χ0n) is 7.64. The molecule has 1 saturated carbocycles. The molecule has 0 amide bonds. The minimum atomic E-state index is -0.412. The fraction of sp³-hybridized carbons (Fsp3) is 0.750. The van der Waals surface area contributed by atoms with Crippen LogP contribution in [-0.2, 0) is 7.05 Å². The van der Waals surface area contributed by atoms with Crippen LogP contribution in [-0.4, -0.2) is 26.5 Å². The summed E-state index contributed by atoms with van der Waals surface area (Å²) in [7, 11) is 1.81. The van der Waals surface area contributed by atoms with Gasteiger partial charge in [0, 0.05) is 13.0 Å². The van der Waals surface area contributed by atoms with Crippen LogP contribution in [0.4, 0.5) is 0 Å². The van der Waals surface area contributed by atoms with Crippen LogP contribution in [0.2, 0.25) is 0 Å². The van der Waals surface area contributed by atoms with E-state index in [9.17, 15) is 0 Å². The van der Waals surface area contributed by atoms with Gasteiger partial charge in [0.1, 0.15) is 5.82 Å². The Bertz CT molecular complexity index is 305. The van der Waals surface area contributed by atoms with E-state index >= 15 is 0 Å². The predicted octanol–water partition coefficient (Wildman–Crippen LogP) is -0.315. The summed E-state index contributed by atoms with van der Waals surface area (Å²) < 4.78 is 1.66. The lowest BCUT2D eigenvalue weighted by Crippen LogP contribution is -2.19. The van der Waals surface area contributed by atoms with Crippen molar-refractivity contribution in [3.63, 3.8) is 0 Å². The van der Waals surface area contributed by atoms with Crippen LogP contribution in [0.5, 0.6) is 0 Å². The third-order valence-electron chi connectivity index (χ3n) is 2.28. The van der Waals surface area contributed by atoms with E-state index in [-0.39, 0.29) is 6.61 Å². The maximum Gasteiger partial charge on any atom is 0.154 e. The SMILES string of the molecule is Cn1nc(C2CC2)nc1C(N)CO. The second-order valence-electron chi connectivity index (χ2n) is 3.52. The van der Waals surface area contributed by atoms with E-state index in [0.29, 0.717) is 11.7 Å². The molecule has 1 unspecified atom stereocenters. The lowest BCUT2D eigenvalue weighted by Gasteiger charge is -2.04. The fourth-order valence-electron chi connectivity index (χ4n) is 1.34. The van der Waals surface area contributed by atoms with Gasteiger partial charge in [-0.15, -0.1) is 0 Å². The lowest BCUT2D eigenvalue weighted by atomic mass is 10.3. The number of aliphatic hydroxyl groups is 1. The van der Waals surface area contributed by atoms with E-state index in [0.717, 1.165) is 5.82 Å². The molecule has 72 valence electrons. The van der Waals surface area contributed by atoms with Gasteiger partial charge in [-0.3, -0.25) is 4.68 Å². The van der Waals surface area contributed by atoms with Gasteiger partial charge in [0.05, 0.1) is 12.6 Å². The van der Waals surface area contributed by atoms with E-state index in [1.807, 2.05) is 7.05 Å². The zero-order valence-corrected chi connectivity index (χ0v) is 7.64. The first-order chi connectivity index (χ1) is 6.22. The topological polar surface area (TPSA) is 77.0 Å². The standard InChI is InChI=1S/C8H14N4O/c1-12-8(6(9)4-13)10-7(11-12)5-2-3-5/h5-6,13H,2-4,9H2,1H3.